The Hall–Kier alpha value is 0.610. The van der Waals surface area contributed by atoms with Gasteiger partial charge < -0.3 is 0 Å². The molecule has 0 atom stereocenters. The van der Waals surface area contributed by atoms with E-state index >= 15 is 0 Å². The zero-order chi connectivity index (χ0) is 10.6. The summed E-state index contributed by atoms with van der Waals surface area (Å²) in [5.74, 6) is 0. The fraction of sp³-hybridized carbons (Fsp3) is 1.00. The van der Waals surface area contributed by atoms with Crippen molar-refractivity contribution < 1.29 is 0 Å². The monoisotopic (exact) mass is 311 g/mol. The van der Waals surface area contributed by atoms with E-state index in [4.69, 9.17) is 0 Å². The third-order valence-corrected chi connectivity index (χ3v) is 3.34. The number of likely N-dealkylation sites (N-methyl/N-ethyl adjacent to an activating group) is 1. The molecule has 0 aromatic rings. The predicted molar refractivity (Wildman–Crippen MR) is 69.8 cm³/mol. The quantitative estimate of drug-likeness (QED) is 0.572. The fourth-order valence-corrected chi connectivity index (χ4v) is 2.00. The van der Waals surface area contributed by atoms with E-state index in [1.807, 2.05) is 0 Å². The number of halogens is 1. The zero-order valence-corrected chi connectivity index (χ0v) is 11.7. The molecule has 0 aromatic carbocycles. The molecule has 0 radical (unpaired) electrons. The molecule has 14 heavy (non-hydrogen) atoms. The third-order valence-electron chi connectivity index (χ3n) is 2.86. The van der Waals surface area contributed by atoms with Crippen LogP contribution in [-0.4, -0.2) is 65.3 Å². The summed E-state index contributed by atoms with van der Waals surface area (Å²) in [7, 11) is 2.13. The van der Waals surface area contributed by atoms with Crippen molar-refractivity contribution >= 4 is 22.9 Å². The van der Waals surface area contributed by atoms with Crippen LogP contribution in [-0.2, 0) is 0 Å². The summed E-state index contributed by atoms with van der Waals surface area (Å²) in [5.41, 5.74) is 0. The molecule has 0 aromatic heterocycles. The predicted octanol–water partition coefficient (Wildman–Crippen LogP) is 1.29. The number of hydrogen-bond acceptors (Lipinski definition) is 3. The second kappa shape index (κ2) is 6.25. The molecule has 1 rings (SSSR count). The summed E-state index contributed by atoms with van der Waals surface area (Å²) in [4.78, 5) is 5.12. The van der Waals surface area contributed by atoms with Crippen LogP contribution in [0.3, 0.4) is 0 Å². The lowest BCUT2D eigenvalue weighted by atomic mass is 10.2. The first-order chi connectivity index (χ1) is 6.59. The lowest BCUT2D eigenvalue weighted by Crippen LogP contribution is -2.49. The highest BCUT2D eigenvalue weighted by Gasteiger charge is 2.18. The van der Waals surface area contributed by atoms with Crippen molar-refractivity contribution in [1.29, 1.82) is 0 Å². The molecule has 1 aliphatic rings. The van der Waals surface area contributed by atoms with Gasteiger partial charge in [-0.3, -0.25) is 9.80 Å². The van der Waals surface area contributed by atoms with Crippen LogP contribution in [0.2, 0.25) is 0 Å². The van der Waals surface area contributed by atoms with E-state index < -0.39 is 0 Å². The smallest absolute Gasteiger partial charge is 0.0206 e. The minimum atomic E-state index is 0.712. The van der Waals surface area contributed by atoms with Gasteiger partial charge in [0, 0.05) is 68.2 Å². The van der Waals surface area contributed by atoms with E-state index in [2.05, 4.69) is 56.7 Å². The molecule has 3 nitrogen and oxygen atoms in total. The van der Waals surface area contributed by atoms with Gasteiger partial charge in [0.15, 0.2) is 0 Å². The molecule has 0 bridgehead atoms. The molecule has 0 saturated carbocycles. The molecule has 0 spiro atoms. The highest BCUT2D eigenvalue weighted by Crippen LogP contribution is 2.05. The topological polar surface area (TPSA) is 9.72 Å². The molecular formula is C10H22IN3. The lowest BCUT2D eigenvalue weighted by molar-refractivity contribution is 0.107. The van der Waals surface area contributed by atoms with Crippen LogP contribution in [0.4, 0.5) is 0 Å². The minimum absolute atomic E-state index is 0.712. The van der Waals surface area contributed by atoms with Crippen LogP contribution >= 0.6 is 22.9 Å². The lowest BCUT2D eigenvalue weighted by Gasteiger charge is -2.37. The van der Waals surface area contributed by atoms with E-state index in [-0.39, 0.29) is 0 Å². The molecule has 0 unspecified atom stereocenters. The SMILES string of the molecule is CC(C)N1CCN(CCN(C)I)CC1. The van der Waals surface area contributed by atoms with E-state index in [1.165, 1.54) is 39.3 Å². The van der Waals surface area contributed by atoms with Gasteiger partial charge in [-0.15, -0.1) is 0 Å². The Balaban J connectivity index is 2.16. The Kier molecular flexibility index (Phi) is 5.66. The Morgan fingerprint density at radius 1 is 1.21 bits per heavy atom. The molecule has 4 heteroatoms. The Morgan fingerprint density at radius 3 is 2.21 bits per heavy atom. The van der Waals surface area contributed by atoms with Crippen LogP contribution in [0.1, 0.15) is 13.8 Å². The van der Waals surface area contributed by atoms with Gasteiger partial charge in [0.25, 0.3) is 0 Å². The van der Waals surface area contributed by atoms with Crippen molar-refractivity contribution in [1.82, 2.24) is 12.9 Å². The largest absolute Gasteiger partial charge is 0.299 e. The molecule has 0 amide bonds. The number of rotatable bonds is 4. The van der Waals surface area contributed by atoms with Gasteiger partial charge in [-0.25, -0.2) is 3.11 Å². The second-order valence-corrected chi connectivity index (χ2v) is 5.95. The Morgan fingerprint density at radius 2 is 1.79 bits per heavy atom. The maximum Gasteiger partial charge on any atom is 0.0206 e. The molecule has 1 fully saturated rings. The summed E-state index contributed by atoms with van der Waals surface area (Å²) in [6.45, 7) is 11.9. The van der Waals surface area contributed by atoms with Crippen LogP contribution < -0.4 is 0 Å². The number of piperazine rings is 1. The molecule has 0 N–H and O–H groups in total. The van der Waals surface area contributed by atoms with Gasteiger partial charge in [-0.1, -0.05) is 0 Å². The molecule has 0 aliphatic carbocycles. The first-order valence-electron chi connectivity index (χ1n) is 5.43. The van der Waals surface area contributed by atoms with Gasteiger partial charge in [-0.2, -0.15) is 0 Å². The summed E-state index contributed by atoms with van der Waals surface area (Å²) >= 11 is 2.35. The first-order valence-corrected chi connectivity index (χ1v) is 6.39. The summed E-state index contributed by atoms with van der Waals surface area (Å²) in [6.07, 6.45) is 0. The van der Waals surface area contributed by atoms with Crippen molar-refractivity contribution in [2.75, 3.05) is 46.3 Å². The van der Waals surface area contributed by atoms with Crippen molar-refractivity contribution in [2.45, 2.75) is 19.9 Å². The molecule has 1 heterocycles. The van der Waals surface area contributed by atoms with Gasteiger partial charge in [0.1, 0.15) is 0 Å². The Labute approximate surface area is 102 Å². The van der Waals surface area contributed by atoms with Crippen molar-refractivity contribution in [3.63, 3.8) is 0 Å². The van der Waals surface area contributed by atoms with Crippen LogP contribution in [0.5, 0.6) is 0 Å². The highest BCUT2D eigenvalue weighted by molar-refractivity contribution is 14.1. The van der Waals surface area contributed by atoms with Crippen LogP contribution in [0.15, 0.2) is 0 Å². The molecule has 1 saturated heterocycles. The maximum atomic E-state index is 2.56. The van der Waals surface area contributed by atoms with E-state index in [9.17, 15) is 0 Å². The van der Waals surface area contributed by atoms with Gasteiger partial charge in [0.2, 0.25) is 0 Å². The van der Waals surface area contributed by atoms with Crippen molar-refractivity contribution in [2.24, 2.45) is 0 Å². The van der Waals surface area contributed by atoms with Gasteiger partial charge >= 0.3 is 0 Å². The van der Waals surface area contributed by atoms with E-state index in [0.29, 0.717) is 6.04 Å². The van der Waals surface area contributed by atoms with E-state index in [0.717, 1.165) is 0 Å². The molecular weight excluding hydrogens is 289 g/mol. The van der Waals surface area contributed by atoms with Crippen LogP contribution in [0.25, 0.3) is 0 Å². The standard InChI is InChI=1S/C10H22IN3/c1-10(2)14-8-6-13(7-9-14)5-4-12(3)11/h10H,4-9H2,1-3H3. The van der Waals surface area contributed by atoms with Crippen molar-refractivity contribution in [3.05, 3.63) is 0 Å². The minimum Gasteiger partial charge on any atom is -0.299 e. The zero-order valence-electron chi connectivity index (χ0n) is 9.54. The summed E-state index contributed by atoms with van der Waals surface area (Å²) in [6, 6.07) is 0.712. The van der Waals surface area contributed by atoms with Gasteiger partial charge in [-0.05, 0) is 20.9 Å². The summed E-state index contributed by atoms with van der Waals surface area (Å²) < 4.78 is 2.23. The van der Waals surface area contributed by atoms with Crippen LogP contribution in [0, 0.1) is 0 Å². The fourth-order valence-electron chi connectivity index (χ4n) is 1.78. The highest BCUT2D eigenvalue weighted by atomic mass is 127. The average molecular weight is 311 g/mol. The average Bonchev–Trinajstić information content (AvgIpc) is 2.15. The summed E-state index contributed by atoms with van der Waals surface area (Å²) in [5, 5.41) is 0. The Bertz CT molecular complexity index is 153. The van der Waals surface area contributed by atoms with E-state index in [1.54, 1.807) is 0 Å². The van der Waals surface area contributed by atoms with Gasteiger partial charge in [0.05, 0.1) is 0 Å². The normalized spacial score (nSPS) is 21.0. The second-order valence-electron chi connectivity index (χ2n) is 4.30. The maximum absolute atomic E-state index is 2.56. The number of hydrogen-bond donors (Lipinski definition) is 0. The third kappa shape index (κ3) is 4.42. The number of nitrogens with zero attached hydrogens (tertiary/aromatic N) is 3. The molecule has 84 valence electrons. The first kappa shape index (κ1) is 12.7. The van der Waals surface area contributed by atoms with Crippen molar-refractivity contribution in [3.8, 4) is 0 Å². The molecule has 1 aliphatic heterocycles.